The molecule has 0 saturated heterocycles. The van der Waals surface area contributed by atoms with Gasteiger partial charge < -0.3 is 9.94 Å². The minimum Gasteiger partial charge on any atom is -0.496 e. The molecule has 0 aliphatic rings. The number of hydrogen-bond acceptors (Lipinski definition) is 3. The maximum Gasteiger partial charge on any atom is 0.133 e. The predicted octanol–water partition coefficient (Wildman–Crippen LogP) is 2.08. The van der Waals surface area contributed by atoms with Gasteiger partial charge in [0.25, 0.3) is 0 Å². The van der Waals surface area contributed by atoms with E-state index in [0.717, 1.165) is 0 Å². The summed E-state index contributed by atoms with van der Waals surface area (Å²) >= 11 is 3.18. The lowest BCUT2D eigenvalue weighted by molar-refractivity contribution is 0.159. The molecule has 1 aromatic carbocycles. The Labute approximate surface area is 83.6 Å². The maximum atomic E-state index is 13.1. The summed E-state index contributed by atoms with van der Waals surface area (Å²) in [6, 6.07) is 2.80. The second-order valence-electron chi connectivity index (χ2n) is 2.38. The Balaban J connectivity index is 3.13. The maximum absolute atomic E-state index is 13.1. The van der Waals surface area contributed by atoms with Crippen LogP contribution in [0.1, 0.15) is 5.56 Å². The molecule has 0 aliphatic heterocycles. The van der Waals surface area contributed by atoms with E-state index in [2.05, 4.69) is 15.9 Å². The van der Waals surface area contributed by atoms with E-state index in [-0.39, 0.29) is 6.54 Å². The smallest absolute Gasteiger partial charge is 0.133 e. The first kappa shape index (κ1) is 10.4. The van der Waals surface area contributed by atoms with Crippen molar-refractivity contribution >= 4 is 15.9 Å². The number of methoxy groups -OCH3 is 1. The van der Waals surface area contributed by atoms with Crippen molar-refractivity contribution in [3.05, 3.63) is 28.0 Å². The van der Waals surface area contributed by atoms with Crippen molar-refractivity contribution < 1.29 is 14.3 Å². The molecule has 5 heteroatoms. The van der Waals surface area contributed by atoms with Crippen LogP contribution in [0.15, 0.2) is 16.6 Å². The first-order valence-corrected chi connectivity index (χ1v) is 4.37. The number of benzene rings is 1. The number of ether oxygens (including phenoxy) is 1. The summed E-state index contributed by atoms with van der Waals surface area (Å²) in [7, 11) is 1.49. The Morgan fingerprint density at radius 2 is 2.31 bits per heavy atom. The monoisotopic (exact) mass is 249 g/mol. The van der Waals surface area contributed by atoms with E-state index in [1.165, 1.54) is 19.2 Å². The minimum atomic E-state index is -0.394. The Morgan fingerprint density at radius 3 is 2.85 bits per heavy atom. The molecule has 0 bridgehead atoms. The zero-order chi connectivity index (χ0) is 9.84. The van der Waals surface area contributed by atoms with Gasteiger partial charge in [-0.05, 0) is 28.1 Å². The summed E-state index contributed by atoms with van der Waals surface area (Å²) in [4.78, 5) is 0. The van der Waals surface area contributed by atoms with Gasteiger partial charge in [-0.2, -0.15) is 0 Å². The molecule has 0 aromatic heterocycles. The first-order valence-electron chi connectivity index (χ1n) is 3.58. The van der Waals surface area contributed by atoms with Crippen LogP contribution in [-0.2, 0) is 6.54 Å². The van der Waals surface area contributed by atoms with Crippen LogP contribution < -0.4 is 10.2 Å². The number of rotatable bonds is 3. The molecule has 0 aliphatic carbocycles. The van der Waals surface area contributed by atoms with Gasteiger partial charge in [0.15, 0.2) is 0 Å². The fraction of sp³-hybridized carbons (Fsp3) is 0.250. The molecule has 0 saturated carbocycles. The second kappa shape index (κ2) is 4.55. The minimum absolute atomic E-state index is 0.0314. The molecule has 1 aromatic rings. The zero-order valence-corrected chi connectivity index (χ0v) is 8.56. The summed E-state index contributed by atoms with van der Waals surface area (Å²) in [5.41, 5.74) is 2.23. The highest BCUT2D eigenvalue weighted by Gasteiger charge is 2.10. The zero-order valence-electron chi connectivity index (χ0n) is 6.97. The third kappa shape index (κ3) is 2.18. The Bertz CT molecular complexity index is 306. The van der Waals surface area contributed by atoms with Crippen LogP contribution in [0.3, 0.4) is 0 Å². The first-order chi connectivity index (χ1) is 6.20. The van der Waals surface area contributed by atoms with E-state index < -0.39 is 5.82 Å². The Kier molecular flexibility index (Phi) is 3.65. The van der Waals surface area contributed by atoms with Gasteiger partial charge in [0.2, 0.25) is 0 Å². The van der Waals surface area contributed by atoms with Gasteiger partial charge in [-0.1, -0.05) is 0 Å². The molecule has 0 fully saturated rings. The van der Waals surface area contributed by atoms with Crippen LogP contribution in [0.4, 0.5) is 4.39 Å². The van der Waals surface area contributed by atoms with Gasteiger partial charge in [0.1, 0.15) is 11.6 Å². The highest BCUT2D eigenvalue weighted by atomic mass is 79.9. The Hall–Kier alpha value is -0.650. The van der Waals surface area contributed by atoms with Crippen molar-refractivity contribution in [1.82, 2.24) is 5.48 Å². The Morgan fingerprint density at radius 1 is 1.62 bits per heavy atom. The third-order valence-corrected chi connectivity index (χ3v) is 2.50. The van der Waals surface area contributed by atoms with Crippen LogP contribution >= 0.6 is 15.9 Å². The van der Waals surface area contributed by atoms with Gasteiger partial charge in [-0.15, -0.1) is 0 Å². The van der Waals surface area contributed by atoms with Crippen molar-refractivity contribution in [3.8, 4) is 5.75 Å². The average Bonchev–Trinajstić information content (AvgIpc) is 2.12. The second-order valence-corrected chi connectivity index (χ2v) is 3.17. The van der Waals surface area contributed by atoms with Crippen LogP contribution in [0.5, 0.6) is 5.75 Å². The molecule has 0 unspecified atom stereocenters. The molecule has 2 N–H and O–H groups in total. The molecule has 0 amide bonds. The van der Waals surface area contributed by atoms with Crippen LogP contribution in [0.2, 0.25) is 0 Å². The highest BCUT2D eigenvalue weighted by molar-refractivity contribution is 9.10. The summed E-state index contributed by atoms with van der Waals surface area (Å²) in [6.45, 7) is 0.0314. The number of hydroxylamine groups is 1. The topological polar surface area (TPSA) is 41.5 Å². The van der Waals surface area contributed by atoms with Crippen molar-refractivity contribution in [2.75, 3.05) is 7.11 Å². The largest absolute Gasteiger partial charge is 0.496 e. The molecule has 72 valence electrons. The normalized spacial score (nSPS) is 10.2. The molecule has 0 spiro atoms. The molecule has 13 heavy (non-hydrogen) atoms. The number of nitrogens with one attached hydrogen (secondary N) is 1. The summed E-state index contributed by atoms with van der Waals surface area (Å²) in [6.07, 6.45) is 0. The van der Waals surface area contributed by atoms with Gasteiger partial charge >= 0.3 is 0 Å². The van der Waals surface area contributed by atoms with Gasteiger partial charge in [0.05, 0.1) is 11.6 Å². The van der Waals surface area contributed by atoms with E-state index in [4.69, 9.17) is 9.94 Å². The van der Waals surface area contributed by atoms with E-state index in [1.807, 2.05) is 5.48 Å². The lowest BCUT2D eigenvalue weighted by Crippen LogP contribution is -2.09. The van der Waals surface area contributed by atoms with Crippen molar-refractivity contribution in [2.45, 2.75) is 6.54 Å². The fourth-order valence-corrected chi connectivity index (χ4v) is 1.60. The molecule has 0 atom stereocenters. The summed E-state index contributed by atoms with van der Waals surface area (Å²) in [5, 5.41) is 8.45. The molecule has 0 heterocycles. The van der Waals surface area contributed by atoms with E-state index in [0.29, 0.717) is 15.8 Å². The van der Waals surface area contributed by atoms with Gasteiger partial charge in [-0.3, -0.25) is 0 Å². The van der Waals surface area contributed by atoms with E-state index in [1.54, 1.807) is 0 Å². The van der Waals surface area contributed by atoms with E-state index in [9.17, 15) is 4.39 Å². The van der Waals surface area contributed by atoms with Crippen LogP contribution in [-0.4, -0.2) is 12.3 Å². The predicted molar refractivity (Wildman–Crippen MR) is 49.3 cm³/mol. The number of hydrogen-bond donors (Lipinski definition) is 2. The molecule has 1 rings (SSSR count). The lowest BCUT2D eigenvalue weighted by Gasteiger charge is -2.08. The lowest BCUT2D eigenvalue weighted by atomic mass is 10.2. The van der Waals surface area contributed by atoms with Crippen LogP contribution in [0, 0.1) is 5.82 Å². The molecule has 0 radical (unpaired) electrons. The summed E-state index contributed by atoms with van der Waals surface area (Å²) < 4.78 is 18.6. The molecular formula is C8H9BrFNO2. The molecular weight excluding hydrogens is 241 g/mol. The van der Waals surface area contributed by atoms with E-state index >= 15 is 0 Å². The quantitative estimate of drug-likeness (QED) is 0.807. The summed E-state index contributed by atoms with van der Waals surface area (Å²) in [5.74, 6) is 0.140. The fourth-order valence-electron chi connectivity index (χ4n) is 0.975. The highest BCUT2D eigenvalue weighted by Crippen LogP contribution is 2.30. The SMILES string of the molecule is COc1ccc(F)c(CNO)c1Br. The average molecular weight is 250 g/mol. The van der Waals surface area contributed by atoms with Crippen molar-refractivity contribution in [3.63, 3.8) is 0 Å². The van der Waals surface area contributed by atoms with Crippen LogP contribution in [0.25, 0.3) is 0 Å². The number of halogens is 2. The third-order valence-electron chi connectivity index (χ3n) is 1.63. The van der Waals surface area contributed by atoms with Gasteiger partial charge in [0, 0.05) is 12.1 Å². The van der Waals surface area contributed by atoms with Gasteiger partial charge in [-0.25, -0.2) is 9.87 Å². The standard InChI is InChI=1S/C8H9BrFNO2/c1-13-7-3-2-6(10)5(4-11-12)8(7)9/h2-3,11-12H,4H2,1H3. The van der Waals surface area contributed by atoms with Crippen molar-refractivity contribution in [1.29, 1.82) is 0 Å². The van der Waals surface area contributed by atoms with Crippen molar-refractivity contribution in [2.24, 2.45) is 0 Å². The molecule has 3 nitrogen and oxygen atoms in total.